The fourth-order valence-electron chi connectivity index (χ4n) is 3.12. The van der Waals surface area contributed by atoms with Crippen molar-refractivity contribution in [2.24, 2.45) is 7.05 Å². The molecule has 0 aliphatic heterocycles. The molecule has 1 N–H and O–H groups in total. The predicted octanol–water partition coefficient (Wildman–Crippen LogP) is 3.33. The highest BCUT2D eigenvalue weighted by Crippen LogP contribution is 2.23. The van der Waals surface area contributed by atoms with E-state index >= 15 is 0 Å². The third-order valence-corrected chi connectivity index (χ3v) is 5.43. The molecule has 0 spiro atoms. The molecule has 24 heavy (non-hydrogen) atoms. The fourth-order valence-corrected chi connectivity index (χ4v) is 3.84. The number of nitrogens with one attached hydrogen (secondary N) is 1. The first-order chi connectivity index (χ1) is 11.6. The molecular weight excluding hydrogens is 320 g/mol. The van der Waals surface area contributed by atoms with E-state index in [9.17, 15) is 4.79 Å². The number of carbonyl (C=O) groups excluding carboxylic acids is 1. The highest BCUT2D eigenvalue weighted by molar-refractivity contribution is 7.99. The summed E-state index contributed by atoms with van der Waals surface area (Å²) in [5.74, 6) is 1.30. The van der Waals surface area contributed by atoms with Gasteiger partial charge in [0.1, 0.15) is 0 Å². The first kappa shape index (κ1) is 17.0. The van der Waals surface area contributed by atoms with Crippen LogP contribution in [0.1, 0.15) is 37.7 Å². The second-order valence-corrected chi connectivity index (χ2v) is 7.37. The highest BCUT2D eigenvalue weighted by Gasteiger charge is 2.17. The summed E-state index contributed by atoms with van der Waals surface area (Å²) < 4.78 is 1.95. The van der Waals surface area contributed by atoms with Crippen LogP contribution in [0.4, 0.5) is 0 Å². The topological polar surface area (TPSA) is 59.8 Å². The van der Waals surface area contributed by atoms with Crippen molar-refractivity contribution in [3.8, 4) is 11.4 Å². The lowest BCUT2D eigenvalue weighted by Gasteiger charge is -2.22. The number of hydrogen-bond acceptors (Lipinski definition) is 4. The number of thioether (sulfide) groups is 1. The minimum Gasteiger partial charge on any atom is -0.353 e. The molecule has 1 aliphatic rings. The normalized spacial score (nSPS) is 15.4. The van der Waals surface area contributed by atoms with Crippen molar-refractivity contribution < 1.29 is 4.79 Å². The van der Waals surface area contributed by atoms with Crippen molar-refractivity contribution >= 4 is 17.7 Å². The molecule has 1 aromatic carbocycles. The lowest BCUT2D eigenvalue weighted by molar-refractivity contribution is -0.119. The third-order valence-electron chi connectivity index (χ3n) is 4.41. The molecule has 3 rings (SSSR count). The van der Waals surface area contributed by atoms with E-state index in [0.29, 0.717) is 11.8 Å². The molecule has 5 nitrogen and oxygen atoms in total. The minimum absolute atomic E-state index is 0.0898. The second kappa shape index (κ2) is 7.83. The van der Waals surface area contributed by atoms with Gasteiger partial charge in [0.05, 0.1) is 5.75 Å². The molecule has 0 atom stereocenters. The van der Waals surface area contributed by atoms with E-state index in [4.69, 9.17) is 0 Å². The summed E-state index contributed by atoms with van der Waals surface area (Å²) in [7, 11) is 1.94. The van der Waals surface area contributed by atoms with Gasteiger partial charge in [0.2, 0.25) is 5.91 Å². The molecule has 6 heteroatoms. The molecule has 2 aromatic rings. The van der Waals surface area contributed by atoms with Gasteiger partial charge in [-0.25, -0.2) is 0 Å². The molecule has 0 unspecified atom stereocenters. The van der Waals surface area contributed by atoms with Gasteiger partial charge in [-0.2, -0.15) is 0 Å². The molecule has 1 aliphatic carbocycles. The first-order valence-electron chi connectivity index (χ1n) is 8.52. The van der Waals surface area contributed by atoms with Crippen molar-refractivity contribution in [2.75, 3.05) is 5.75 Å². The Balaban J connectivity index is 1.59. The average Bonchev–Trinajstić information content (AvgIpc) is 2.95. The van der Waals surface area contributed by atoms with Gasteiger partial charge < -0.3 is 9.88 Å². The SMILES string of the molecule is Cc1cccc(-c2nnc(SCC(=O)NC3CCCCC3)n2C)c1. The summed E-state index contributed by atoms with van der Waals surface area (Å²) >= 11 is 1.44. The zero-order valence-corrected chi connectivity index (χ0v) is 15.1. The van der Waals surface area contributed by atoms with Gasteiger partial charge in [-0.3, -0.25) is 4.79 Å². The number of rotatable bonds is 5. The number of aromatic nitrogens is 3. The highest BCUT2D eigenvalue weighted by atomic mass is 32.2. The smallest absolute Gasteiger partial charge is 0.230 e. The van der Waals surface area contributed by atoms with Crippen LogP contribution in [0.25, 0.3) is 11.4 Å². The summed E-state index contributed by atoms with van der Waals surface area (Å²) in [5.41, 5.74) is 2.24. The quantitative estimate of drug-likeness (QED) is 0.845. The van der Waals surface area contributed by atoms with Gasteiger partial charge in [-0.05, 0) is 25.8 Å². The van der Waals surface area contributed by atoms with Gasteiger partial charge in [-0.1, -0.05) is 54.8 Å². The zero-order valence-electron chi connectivity index (χ0n) is 14.3. The lowest BCUT2D eigenvalue weighted by atomic mass is 9.95. The van der Waals surface area contributed by atoms with Gasteiger partial charge in [-0.15, -0.1) is 10.2 Å². The van der Waals surface area contributed by atoms with E-state index in [1.165, 1.54) is 36.6 Å². The number of aryl methyl sites for hydroxylation is 1. The van der Waals surface area contributed by atoms with Crippen molar-refractivity contribution in [2.45, 2.75) is 50.2 Å². The lowest BCUT2D eigenvalue weighted by Crippen LogP contribution is -2.37. The van der Waals surface area contributed by atoms with Crippen LogP contribution >= 0.6 is 11.8 Å². The number of benzene rings is 1. The van der Waals surface area contributed by atoms with Crippen LogP contribution < -0.4 is 5.32 Å². The molecule has 128 valence electrons. The van der Waals surface area contributed by atoms with Crippen molar-refractivity contribution in [1.82, 2.24) is 20.1 Å². The molecule has 1 aromatic heterocycles. The summed E-state index contributed by atoms with van der Waals surface area (Å²) in [4.78, 5) is 12.1. The number of amides is 1. The molecule has 1 saturated carbocycles. The number of hydrogen-bond donors (Lipinski definition) is 1. The predicted molar refractivity (Wildman–Crippen MR) is 96.9 cm³/mol. The molecule has 0 saturated heterocycles. The Morgan fingerprint density at radius 3 is 2.83 bits per heavy atom. The Labute approximate surface area is 147 Å². The average molecular weight is 344 g/mol. The molecule has 0 bridgehead atoms. The summed E-state index contributed by atoms with van der Waals surface area (Å²) in [6, 6.07) is 8.55. The Bertz CT molecular complexity index is 707. The standard InChI is InChI=1S/C18H24N4OS/c1-13-7-6-8-14(11-13)17-20-21-18(22(17)2)24-12-16(23)19-15-9-4-3-5-10-15/h6-8,11,15H,3-5,9-10,12H2,1-2H3,(H,19,23). The Morgan fingerprint density at radius 1 is 1.29 bits per heavy atom. The van der Waals surface area contributed by atoms with Crippen LogP contribution in [0.2, 0.25) is 0 Å². The van der Waals surface area contributed by atoms with Gasteiger partial charge in [0.25, 0.3) is 0 Å². The maximum absolute atomic E-state index is 12.1. The van der Waals surface area contributed by atoms with Crippen LogP contribution in [-0.2, 0) is 11.8 Å². The Hall–Kier alpha value is -1.82. The molecule has 0 radical (unpaired) electrons. The largest absolute Gasteiger partial charge is 0.353 e. The molecular formula is C18H24N4OS. The third kappa shape index (κ3) is 4.17. The molecule has 1 heterocycles. The fraction of sp³-hybridized carbons (Fsp3) is 0.500. The van der Waals surface area contributed by atoms with Gasteiger partial charge in [0, 0.05) is 18.7 Å². The number of nitrogens with zero attached hydrogens (tertiary/aromatic N) is 3. The summed E-state index contributed by atoms with van der Waals surface area (Å²) in [6.07, 6.45) is 5.96. The summed E-state index contributed by atoms with van der Waals surface area (Å²) in [6.45, 7) is 2.06. The van der Waals surface area contributed by atoms with E-state index in [2.05, 4.69) is 34.6 Å². The van der Waals surface area contributed by atoms with Gasteiger partial charge in [0.15, 0.2) is 11.0 Å². The molecule has 1 amide bonds. The van der Waals surface area contributed by atoms with E-state index < -0.39 is 0 Å². The zero-order chi connectivity index (χ0) is 16.9. The maximum Gasteiger partial charge on any atom is 0.230 e. The van der Waals surface area contributed by atoms with Crippen LogP contribution in [0.15, 0.2) is 29.4 Å². The van der Waals surface area contributed by atoms with E-state index in [1.807, 2.05) is 23.7 Å². The maximum atomic E-state index is 12.1. The van der Waals surface area contributed by atoms with Crippen LogP contribution in [0.3, 0.4) is 0 Å². The first-order valence-corrected chi connectivity index (χ1v) is 9.50. The van der Waals surface area contributed by atoms with Crippen molar-refractivity contribution in [1.29, 1.82) is 0 Å². The summed E-state index contributed by atoms with van der Waals surface area (Å²) in [5, 5.41) is 12.4. The van der Waals surface area contributed by atoms with E-state index in [0.717, 1.165) is 29.4 Å². The van der Waals surface area contributed by atoms with Crippen molar-refractivity contribution in [3.63, 3.8) is 0 Å². The Kier molecular flexibility index (Phi) is 5.56. The second-order valence-electron chi connectivity index (χ2n) is 6.43. The van der Waals surface area contributed by atoms with Crippen LogP contribution in [0.5, 0.6) is 0 Å². The Morgan fingerprint density at radius 2 is 2.08 bits per heavy atom. The van der Waals surface area contributed by atoms with Crippen LogP contribution in [-0.4, -0.2) is 32.5 Å². The molecule has 1 fully saturated rings. The number of carbonyl (C=O) groups is 1. The minimum atomic E-state index is 0.0898. The van der Waals surface area contributed by atoms with Crippen LogP contribution in [0, 0.1) is 6.92 Å². The van der Waals surface area contributed by atoms with E-state index in [-0.39, 0.29) is 5.91 Å². The van der Waals surface area contributed by atoms with Crippen molar-refractivity contribution in [3.05, 3.63) is 29.8 Å². The van der Waals surface area contributed by atoms with E-state index in [1.54, 1.807) is 0 Å². The van der Waals surface area contributed by atoms with Gasteiger partial charge >= 0.3 is 0 Å². The monoisotopic (exact) mass is 344 g/mol.